The molecule has 0 aliphatic rings. The summed E-state index contributed by atoms with van der Waals surface area (Å²) < 4.78 is 5.93. The zero-order valence-electron chi connectivity index (χ0n) is 15.3. The van der Waals surface area contributed by atoms with Crippen molar-refractivity contribution in [3.05, 3.63) is 59.9 Å². The van der Waals surface area contributed by atoms with Gasteiger partial charge in [-0.25, -0.2) is 4.99 Å². The number of benzene rings is 1. The van der Waals surface area contributed by atoms with Gasteiger partial charge in [-0.05, 0) is 56.5 Å². The van der Waals surface area contributed by atoms with E-state index in [1.165, 1.54) is 11.1 Å². The maximum Gasteiger partial charge on any atom is 0.191 e. The van der Waals surface area contributed by atoms with Crippen molar-refractivity contribution in [3.8, 4) is 5.75 Å². The van der Waals surface area contributed by atoms with Crippen molar-refractivity contribution in [2.75, 3.05) is 19.6 Å². The number of ether oxygens (including phenoxy) is 1. The van der Waals surface area contributed by atoms with Crippen molar-refractivity contribution in [1.82, 2.24) is 15.6 Å². The molecule has 0 aliphatic heterocycles. The van der Waals surface area contributed by atoms with Crippen molar-refractivity contribution >= 4 is 5.96 Å². The number of nitrogens with one attached hydrogen (secondary N) is 2. The van der Waals surface area contributed by atoms with E-state index >= 15 is 0 Å². The number of rotatable bonds is 8. The van der Waals surface area contributed by atoms with E-state index in [1.54, 1.807) is 6.20 Å². The molecular weight excluding hydrogens is 312 g/mol. The molecule has 1 heterocycles. The normalized spacial score (nSPS) is 12.5. The Morgan fingerprint density at radius 1 is 1.24 bits per heavy atom. The second-order valence-electron chi connectivity index (χ2n) is 6.00. The van der Waals surface area contributed by atoms with Gasteiger partial charge in [-0.15, -0.1) is 0 Å². The van der Waals surface area contributed by atoms with Gasteiger partial charge in [0.15, 0.2) is 5.96 Å². The van der Waals surface area contributed by atoms with Crippen LogP contribution in [0.25, 0.3) is 0 Å². The van der Waals surface area contributed by atoms with Crippen LogP contribution in [0, 0.1) is 6.92 Å². The number of aryl methyl sites for hydroxylation is 1. The van der Waals surface area contributed by atoms with Gasteiger partial charge in [0.2, 0.25) is 0 Å². The van der Waals surface area contributed by atoms with Gasteiger partial charge in [0.1, 0.15) is 11.9 Å². The molecular formula is C20H28N4O. The molecule has 0 bridgehead atoms. The Labute approximate surface area is 150 Å². The number of nitrogens with zero attached hydrogens (tertiary/aromatic N) is 2. The highest BCUT2D eigenvalue weighted by atomic mass is 16.5. The first-order valence-electron chi connectivity index (χ1n) is 8.81. The summed E-state index contributed by atoms with van der Waals surface area (Å²) in [6.07, 6.45) is 4.60. The van der Waals surface area contributed by atoms with E-state index in [2.05, 4.69) is 46.6 Å². The van der Waals surface area contributed by atoms with Gasteiger partial charge in [0.25, 0.3) is 0 Å². The minimum absolute atomic E-state index is 0.00980. The van der Waals surface area contributed by atoms with E-state index in [-0.39, 0.29) is 6.10 Å². The summed E-state index contributed by atoms with van der Waals surface area (Å²) in [6.45, 7) is 8.38. The third-order valence-corrected chi connectivity index (χ3v) is 3.61. The van der Waals surface area contributed by atoms with E-state index < -0.39 is 0 Å². The van der Waals surface area contributed by atoms with Crippen LogP contribution in [0.2, 0.25) is 0 Å². The quantitative estimate of drug-likeness (QED) is 0.573. The first-order chi connectivity index (χ1) is 12.2. The van der Waals surface area contributed by atoms with Crippen LogP contribution in [0.15, 0.2) is 53.8 Å². The Kier molecular flexibility index (Phi) is 7.76. The van der Waals surface area contributed by atoms with E-state index in [9.17, 15) is 0 Å². The molecule has 5 nitrogen and oxygen atoms in total. The first-order valence-corrected chi connectivity index (χ1v) is 8.81. The molecule has 25 heavy (non-hydrogen) atoms. The second kappa shape index (κ2) is 10.3. The standard InChI is InChI=1S/C20H28N4O/c1-4-22-20(23-12-10-18-8-6-11-21-15-18)24-14-17(3)25-19-9-5-7-16(2)13-19/h5-9,11,13,15,17H,4,10,12,14H2,1-3H3,(H2,22,23,24). The molecule has 134 valence electrons. The monoisotopic (exact) mass is 340 g/mol. The number of aliphatic imine (C=N–C) groups is 1. The summed E-state index contributed by atoms with van der Waals surface area (Å²) in [6, 6.07) is 12.1. The predicted octanol–water partition coefficient (Wildman–Crippen LogP) is 2.96. The van der Waals surface area contributed by atoms with Gasteiger partial charge in [0.05, 0.1) is 6.54 Å². The molecule has 2 N–H and O–H groups in total. The molecule has 1 aromatic carbocycles. The minimum atomic E-state index is 0.00980. The van der Waals surface area contributed by atoms with Crippen molar-refractivity contribution in [1.29, 1.82) is 0 Å². The average Bonchev–Trinajstić information content (AvgIpc) is 2.60. The maximum atomic E-state index is 5.93. The largest absolute Gasteiger partial charge is 0.489 e. The molecule has 0 fully saturated rings. The maximum absolute atomic E-state index is 5.93. The zero-order chi connectivity index (χ0) is 17.9. The Hall–Kier alpha value is -2.56. The Morgan fingerprint density at radius 2 is 2.12 bits per heavy atom. The lowest BCUT2D eigenvalue weighted by Crippen LogP contribution is -2.39. The molecule has 1 aromatic heterocycles. The summed E-state index contributed by atoms with van der Waals surface area (Å²) in [5.74, 6) is 1.70. The number of hydrogen-bond acceptors (Lipinski definition) is 3. The highest BCUT2D eigenvalue weighted by molar-refractivity contribution is 5.79. The van der Waals surface area contributed by atoms with Gasteiger partial charge in [0, 0.05) is 25.5 Å². The number of guanidine groups is 1. The van der Waals surface area contributed by atoms with Gasteiger partial charge >= 0.3 is 0 Å². The van der Waals surface area contributed by atoms with Gasteiger partial charge in [-0.1, -0.05) is 18.2 Å². The molecule has 1 unspecified atom stereocenters. The topological polar surface area (TPSA) is 58.5 Å². The fourth-order valence-corrected chi connectivity index (χ4v) is 2.39. The van der Waals surface area contributed by atoms with Crippen LogP contribution < -0.4 is 15.4 Å². The summed E-state index contributed by atoms with van der Waals surface area (Å²) in [7, 11) is 0. The smallest absolute Gasteiger partial charge is 0.191 e. The zero-order valence-corrected chi connectivity index (χ0v) is 15.3. The molecule has 2 rings (SSSR count). The first kappa shape index (κ1) is 18.8. The summed E-state index contributed by atoms with van der Waals surface area (Å²) in [4.78, 5) is 8.75. The highest BCUT2D eigenvalue weighted by Crippen LogP contribution is 2.14. The summed E-state index contributed by atoms with van der Waals surface area (Å²) in [5.41, 5.74) is 2.40. The summed E-state index contributed by atoms with van der Waals surface area (Å²) in [5, 5.41) is 6.62. The lowest BCUT2D eigenvalue weighted by Gasteiger charge is -2.15. The molecule has 0 aliphatic carbocycles. The molecule has 2 aromatic rings. The minimum Gasteiger partial charge on any atom is -0.489 e. The van der Waals surface area contributed by atoms with Crippen molar-refractivity contribution in [2.24, 2.45) is 4.99 Å². The van der Waals surface area contributed by atoms with Crippen molar-refractivity contribution < 1.29 is 4.74 Å². The fraction of sp³-hybridized carbons (Fsp3) is 0.400. The van der Waals surface area contributed by atoms with Crippen LogP contribution in [0.4, 0.5) is 0 Å². The number of aromatic nitrogens is 1. The van der Waals surface area contributed by atoms with Crippen LogP contribution >= 0.6 is 0 Å². The van der Waals surface area contributed by atoms with Crippen LogP contribution in [0.3, 0.4) is 0 Å². The van der Waals surface area contributed by atoms with Gasteiger partial charge in [-0.3, -0.25) is 4.98 Å². The Morgan fingerprint density at radius 3 is 2.84 bits per heavy atom. The van der Waals surface area contributed by atoms with Crippen LogP contribution in [0.5, 0.6) is 5.75 Å². The fourth-order valence-electron chi connectivity index (χ4n) is 2.39. The lowest BCUT2D eigenvalue weighted by molar-refractivity contribution is 0.230. The Bertz CT molecular complexity index is 658. The predicted molar refractivity (Wildman–Crippen MR) is 103 cm³/mol. The molecule has 5 heteroatoms. The summed E-state index contributed by atoms with van der Waals surface area (Å²) >= 11 is 0. The molecule has 0 saturated carbocycles. The van der Waals surface area contributed by atoms with E-state index in [0.29, 0.717) is 6.54 Å². The Balaban J connectivity index is 1.81. The molecule has 0 spiro atoms. The van der Waals surface area contributed by atoms with Gasteiger partial charge in [-0.2, -0.15) is 0 Å². The third kappa shape index (κ3) is 7.25. The van der Waals surface area contributed by atoms with E-state index in [0.717, 1.165) is 31.2 Å². The number of hydrogen-bond donors (Lipinski definition) is 2. The average molecular weight is 340 g/mol. The van der Waals surface area contributed by atoms with Gasteiger partial charge < -0.3 is 15.4 Å². The lowest BCUT2D eigenvalue weighted by atomic mass is 10.2. The SMILES string of the molecule is CCNC(=NCC(C)Oc1cccc(C)c1)NCCc1cccnc1. The highest BCUT2D eigenvalue weighted by Gasteiger charge is 2.05. The molecule has 0 radical (unpaired) electrons. The van der Waals surface area contributed by atoms with E-state index in [1.807, 2.05) is 37.4 Å². The van der Waals surface area contributed by atoms with E-state index in [4.69, 9.17) is 4.74 Å². The van der Waals surface area contributed by atoms with Crippen LogP contribution in [-0.2, 0) is 6.42 Å². The second-order valence-corrected chi connectivity index (χ2v) is 6.00. The van der Waals surface area contributed by atoms with Crippen LogP contribution in [0.1, 0.15) is 25.0 Å². The third-order valence-electron chi connectivity index (χ3n) is 3.61. The number of pyridine rings is 1. The van der Waals surface area contributed by atoms with Crippen molar-refractivity contribution in [3.63, 3.8) is 0 Å². The molecule has 0 amide bonds. The molecule has 1 atom stereocenters. The molecule has 0 saturated heterocycles. The van der Waals surface area contributed by atoms with Crippen LogP contribution in [-0.4, -0.2) is 36.7 Å². The van der Waals surface area contributed by atoms with Crippen molar-refractivity contribution in [2.45, 2.75) is 33.3 Å².